The molecule has 0 aromatic heterocycles. The van der Waals surface area contributed by atoms with Gasteiger partial charge in [-0.3, -0.25) is 4.90 Å². The molecule has 0 bridgehead atoms. The lowest BCUT2D eigenvalue weighted by molar-refractivity contribution is 0.221. The summed E-state index contributed by atoms with van der Waals surface area (Å²) in [5.41, 5.74) is 2.05. The second kappa shape index (κ2) is 8.13. The molecule has 0 unspecified atom stereocenters. The van der Waals surface area contributed by atoms with Crippen molar-refractivity contribution in [2.45, 2.75) is 37.2 Å². The highest BCUT2D eigenvalue weighted by Gasteiger charge is 2.21. The largest absolute Gasteiger partial charge is 0.299 e. The zero-order chi connectivity index (χ0) is 17.7. The number of sulfonamides is 1. The first-order valence-corrected chi connectivity index (χ1v) is 10.3. The van der Waals surface area contributed by atoms with Crippen LogP contribution < -0.4 is 0 Å². The molecule has 2 aromatic carbocycles. The van der Waals surface area contributed by atoms with E-state index in [9.17, 15) is 8.42 Å². The van der Waals surface area contributed by atoms with E-state index in [-0.39, 0.29) is 0 Å². The molecule has 1 aliphatic heterocycles. The summed E-state index contributed by atoms with van der Waals surface area (Å²) in [5, 5.41) is 0. The van der Waals surface area contributed by atoms with Gasteiger partial charge in [-0.2, -0.15) is 4.31 Å². The molecule has 25 heavy (non-hydrogen) atoms. The maximum absolute atomic E-state index is 12.9. The molecule has 5 heteroatoms. The molecule has 0 saturated carbocycles. The Morgan fingerprint density at radius 1 is 0.920 bits per heavy atom. The molecule has 0 atom stereocenters. The van der Waals surface area contributed by atoms with Gasteiger partial charge in [0.05, 0.1) is 4.90 Å². The number of likely N-dealkylation sites (tertiary alicyclic amines) is 1. The Morgan fingerprint density at radius 3 is 2.32 bits per heavy atom. The molecule has 1 fully saturated rings. The van der Waals surface area contributed by atoms with Crippen LogP contribution in [0, 0.1) is 0 Å². The SMILES string of the molecule is CN(Cc1ccccc1)S(=O)(=O)c1cccc(CN2CCCCC2)c1. The Morgan fingerprint density at radius 2 is 1.60 bits per heavy atom. The highest BCUT2D eigenvalue weighted by molar-refractivity contribution is 7.89. The number of hydrogen-bond donors (Lipinski definition) is 0. The van der Waals surface area contributed by atoms with E-state index in [4.69, 9.17) is 0 Å². The van der Waals surface area contributed by atoms with Crippen molar-refractivity contribution in [2.75, 3.05) is 20.1 Å². The third-order valence-corrected chi connectivity index (χ3v) is 6.51. The van der Waals surface area contributed by atoms with Gasteiger partial charge in [-0.05, 0) is 49.2 Å². The monoisotopic (exact) mass is 358 g/mol. The maximum atomic E-state index is 12.9. The van der Waals surface area contributed by atoms with Crippen molar-refractivity contribution in [3.8, 4) is 0 Å². The van der Waals surface area contributed by atoms with E-state index < -0.39 is 10.0 Å². The fourth-order valence-corrected chi connectivity index (χ4v) is 4.52. The van der Waals surface area contributed by atoms with Crippen molar-refractivity contribution >= 4 is 10.0 Å². The van der Waals surface area contributed by atoms with Gasteiger partial charge in [0.25, 0.3) is 0 Å². The van der Waals surface area contributed by atoms with Crippen molar-refractivity contribution < 1.29 is 8.42 Å². The van der Waals surface area contributed by atoms with Crippen LogP contribution in [0.1, 0.15) is 30.4 Å². The van der Waals surface area contributed by atoms with Crippen LogP contribution in [-0.4, -0.2) is 37.8 Å². The minimum absolute atomic E-state index is 0.375. The van der Waals surface area contributed by atoms with Crippen LogP contribution in [-0.2, 0) is 23.1 Å². The first-order valence-electron chi connectivity index (χ1n) is 8.87. The van der Waals surface area contributed by atoms with Crippen LogP contribution in [0.2, 0.25) is 0 Å². The summed E-state index contributed by atoms with van der Waals surface area (Å²) in [6.07, 6.45) is 3.77. The Labute approximate surface area is 151 Å². The molecule has 0 spiro atoms. The summed E-state index contributed by atoms with van der Waals surface area (Å²) >= 11 is 0. The summed E-state index contributed by atoms with van der Waals surface area (Å²) < 4.78 is 27.2. The van der Waals surface area contributed by atoms with E-state index in [0.717, 1.165) is 30.8 Å². The van der Waals surface area contributed by atoms with Gasteiger partial charge in [-0.1, -0.05) is 48.9 Å². The van der Waals surface area contributed by atoms with Crippen molar-refractivity contribution in [3.05, 3.63) is 65.7 Å². The van der Waals surface area contributed by atoms with Crippen LogP contribution in [0.15, 0.2) is 59.5 Å². The van der Waals surface area contributed by atoms with E-state index in [1.54, 1.807) is 13.1 Å². The average molecular weight is 359 g/mol. The van der Waals surface area contributed by atoms with Crippen molar-refractivity contribution in [1.82, 2.24) is 9.21 Å². The Kier molecular flexibility index (Phi) is 5.89. The summed E-state index contributed by atoms with van der Waals surface area (Å²) in [7, 11) is -1.85. The van der Waals surface area contributed by atoms with Gasteiger partial charge < -0.3 is 0 Å². The van der Waals surface area contributed by atoms with Crippen LogP contribution in [0.5, 0.6) is 0 Å². The fraction of sp³-hybridized carbons (Fsp3) is 0.400. The molecule has 0 radical (unpaired) electrons. The molecular weight excluding hydrogens is 332 g/mol. The quantitative estimate of drug-likeness (QED) is 0.794. The highest BCUT2D eigenvalue weighted by atomic mass is 32.2. The normalized spacial score (nSPS) is 16.2. The minimum atomic E-state index is -3.49. The van der Waals surface area contributed by atoms with Gasteiger partial charge >= 0.3 is 0 Å². The van der Waals surface area contributed by atoms with Gasteiger partial charge in [0.15, 0.2) is 0 Å². The lowest BCUT2D eigenvalue weighted by Gasteiger charge is -2.26. The molecule has 0 amide bonds. The number of piperidine rings is 1. The first-order chi connectivity index (χ1) is 12.1. The number of hydrogen-bond acceptors (Lipinski definition) is 3. The van der Waals surface area contributed by atoms with Crippen LogP contribution in [0.4, 0.5) is 0 Å². The molecular formula is C20H26N2O2S. The Balaban J connectivity index is 1.74. The van der Waals surface area contributed by atoms with Gasteiger partial charge in [0.2, 0.25) is 10.0 Å². The van der Waals surface area contributed by atoms with E-state index >= 15 is 0 Å². The number of benzene rings is 2. The standard InChI is InChI=1S/C20H26N2O2S/c1-21(16-18-9-4-2-5-10-18)25(23,24)20-12-8-11-19(15-20)17-22-13-6-3-7-14-22/h2,4-5,8-12,15H,3,6-7,13-14,16-17H2,1H3. The van der Waals surface area contributed by atoms with Crippen LogP contribution in [0.3, 0.4) is 0 Å². The zero-order valence-electron chi connectivity index (χ0n) is 14.8. The third-order valence-electron chi connectivity index (χ3n) is 4.71. The van der Waals surface area contributed by atoms with Crippen molar-refractivity contribution in [1.29, 1.82) is 0 Å². The van der Waals surface area contributed by atoms with Crippen LogP contribution >= 0.6 is 0 Å². The highest BCUT2D eigenvalue weighted by Crippen LogP contribution is 2.20. The molecule has 0 N–H and O–H groups in total. The van der Waals surface area contributed by atoms with Crippen molar-refractivity contribution in [2.24, 2.45) is 0 Å². The lowest BCUT2D eigenvalue weighted by Crippen LogP contribution is -2.29. The second-order valence-electron chi connectivity index (χ2n) is 6.73. The second-order valence-corrected chi connectivity index (χ2v) is 8.78. The molecule has 3 rings (SSSR count). The van der Waals surface area contributed by atoms with Gasteiger partial charge in [-0.25, -0.2) is 8.42 Å². The summed E-state index contributed by atoms with van der Waals surface area (Å²) in [6, 6.07) is 17.1. The summed E-state index contributed by atoms with van der Waals surface area (Å²) in [6.45, 7) is 3.40. The van der Waals surface area contributed by atoms with E-state index in [0.29, 0.717) is 11.4 Å². The predicted octanol–water partition coefficient (Wildman–Crippen LogP) is 3.49. The van der Waals surface area contributed by atoms with Gasteiger partial charge in [0, 0.05) is 20.1 Å². The summed E-state index contributed by atoms with van der Waals surface area (Å²) in [4.78, 5) is 2.78. The van der Waals surface area contributed by atoms with Gasteiger partial charge in [0.1, 0.15) is 0 Å². The Bertz CT molecular complexity index is 784. The third kappa shape index (κ3) is 4.69. The smallest absolute Gasteiger partial charge is 0.243 e. The molecule has 1 saturated heterocycles. The zero-order valence-corrected chi connectivity index (χ0v) is 15.6. The maximum Gasteiger partial charge on any atom is 0.243 e. The average Bonchev–Trinajstić information content (AvgIpc) is 2.63. The topological polar surface area (TPSA) is 40.6 Å². The lowest BCUT2D eigenvalue weighted by atomic mass is 10.1. The molecule has 0 aliphatic carbocycles. The molecule has 2 aromatic rings. The number of nitrogens with zero attached hydrogens (tertiary/aromatic N) is 2. The van der Waals surface area contributed by atoms with E-state index in [1.807, 2.05) is 48.5 Å². The Hall–Kier alpha value is -1.69. The van der Waals surface area contributed by atoms with E-state index in [1.165, 1.54) is 23.6 Å². The fourth-order valence-electron chi connectivity index (χ4n) is 3.29. The van der Waals surface area contributed by atoms with Crippen LogP contribution in [0.25, 0.3) is 0 Å². The van der Waals surface area contributed by atoms with E-state index in [2.05, 4.69) is 4.90 Å². The summed E-state index contributed by atoms with van der Waals surface area (Å²) in [5.74, 6) is 0. The molecule has 1 heterocycles. The molecule has 4 nitrogen and oxygen atoms in total. The molecule has 1 aliphatic rings. The van der Waals surface area contributed by atoms with Gasteiger partial charge in [-0.15, -0.1) is 0 Å². The minimum Gasteiger partial charge on any atom is -0.299 e. The predicted molar refractivity (Wildman–Crippen MR) is 101 cm³/mol. The first kappa shape index (κ1) is 18.1. The van der Waals surface area contributed by atoms with Crippen molar-refractivity contribution in [3.63, 3.8) is 0 Å². The molecule has 134 valence electrons. The number of rotatable bonds is 6.